The van der Waals surface area contributed by atoms with E-state index in [9.17, 15) is 13.2 Å². The van der Waals surface area contributed by atoms with Crippen LogP contribution < -0.4 is 10.2 Å². The fourth-order valence-corrected chi connectivity index (χ4v) is 7.29. The molecular formula is C27H42FN7O5S. The lowest BCUT2D eigenvalue weighted by Crippen LogP contribution is -2.56. The van der Waals surface area contributed by atoms with Gasteiger partial charge >= 0.3 is 5.97 Å². The first-order chi connectivity index (χ1) is 19.6. The Balaban J connectivity index is 1.62. The average Bonchev–Trinajstić information content (AvgIpc) is 3.40. The van der Waals surface area contributed by atoms with Crippen LogP contribution in [0.4, 0.5) is 22.0 Å². The maximum atomic E-state index is 15.7. The molecule has 2 aliphatic heterocycles. The molecule has 0 amide bonds. The van der Waals surface area contributed by atoms with E-state index in [1.165, 1.54) is 0 Å². The fourth-order valence-electron chi connectivity index (χ4n) is 5.62. The van der Waals surface area contributed by atoms with Gasteiger partial charge in [0.15, 0.2) is 17.5 Å². The Bertz CT molecular complexity index is 1290. The number of ether oxygens (including phenoxy) is 2. The van der Waals surface area contributed by atoms with Crippen LogP contribution in [-0.4, -0.2) is 83.0 Å². The highest BCUT2D eigenvalue weighted by atomic mass is 32.2. The van der Waals surface area contributed by atoms with E-state index in [2.05, 4.69) is 25.5 Å². The molecule has 0 aliphatic carbocycles. The molecule has 2 fully saturated rings. The number of piperidine rings is 1. The third-order valence-corrected chi connectivity index (χ3v) is 10.0. The third-order valence-electron chi connectivity index (χ3n) is 8.07. The van der Waals surface area contributed by atoms with E-state index in [0.29, 0.717) is 57.6 Å². The molecule has 2 N–H and O–H groups in total. The van der Waals surface area contributed by atoms with Crippen molar-refractivity contribution < 1.29 is 27.1 Å². The molecule has 2 aromatic heterocycles. The predicted octanol–water partition coefficient (Wildman–Crippen LogP) is 3.67. The van der Waals surface area contributed by atoms with Crippen molar-refractivity contribution in [3.05, 3.63) is 23.3 Å². The third kappa shape index (κ3) is 7.15. The molecule has 14 heteroatoms. The summed E-state index contributed by atoms with van der Waals surface area (Å²) in [5.41, 5.74) is 0.733. The van der Waals surface area contributed by atoms with E-state index in [1.54, 1.807) is 17.3 Å². The molecule has 0 spiro atoms. The SMILES string of the molecule is CC[C@@H]1C[C@@H](N(C)c2nc(COC(=O)C3CCOCC3)c(F)c(Nc3cc(C)[nH]n3)n2)C[C@H](CC)N1S(=O)(=O)CC. The number of aromatic amines is 1. The first kappa shape index (κ1) is 31.1. The number of halogens is 1. The second-order valence-electron chi connectivity index (χ2n) is 10.8. The lowest BCUT2D eigenvalue weighted by molar-refractivity contribution is -0.153. The number of carbonyl (C=O) groups is 1. The van der Waals surface area contributed by atoms with Gasteiger partial charge in [-0.3, -0.25) is 9.89 Å². The van der Waals surface area contributed by atoms with Gasteiger partial charge in [-0.15, -0.1) is 0 Å². The Morgan fingerprint density at radius 3 is 2.41 bits per heavy atom. The number of rotatable bonds is 11. The first-order valence-corrected chi connectivity index (χ1v) is 16.0. The van der Waals surface area contributed by atoms with Crippen LogP contribution in [0.25, 0.3) is 0 Å². The van der Waals surface area contributed by atoms with E-state index in [1.807, 2.05) is 32.7 Å². The molecule has 0 saturated carbocycles. The molecule has 228 valence electrons. The smallest absolute Gasteiger partial charge is 0.309 e. The van der Waals surface area contributed by atoms with Crippen LogP contribution in [0.15, 0.2) is 6.07 Å². The van der Waals surface area contributed by atoms with Gasteiger partial charge in [0.2, 0.25) is 16.0 Å². The molecule has 0 aromatic carbocycles. The van der Waals surface area contributed by atoms with Crippen LogP contribution >= 0.6 is 0 Å². The predicted molar refractivity (Wildman–Crippen MR) is 153 cm³/mol. The zero-order chi connectivity index (χ0) is 29.7. The maximum Gasteiger partial charge on any atom is 0.309 e. The van der Waals surface area contributed by atoms with E-state index in [4.69, 9.17) is 9.47 Å². The number of anilines is 3. The van der Waals surface area contributed by atoms with Gasteiger partial charge in [0.05, 0.1) is 11.7 Å². The topological polar surface area (TPSA) is 143 Å². The Hall–Kier alpha value is -2.84. The number of hydrogen-bond acceptors (Lipinski definition) is 10. The average molecular weight is 596 g/mol. The second-order valence-corrected chi connectivity index (χ2v) is 12.9. The van der Waals surface area contributed by atoms with Gasteiger partial charge in [-0.1, -0.05) is 13.8 Å². The number of aryl methyl sites for hydroxylation is 1. The van der Waals surface area contributed by atoms with Gasteiger partial charge in [0.25, 0.3) is 0 Å². The van der Waals surface area contributed by atoms with Crippen LogP contribution in [0, 0.1) is 18.7 Å². The summed E-state index contributed by atoms with van der Waals surface area (Å²) in [6.07, 6.45) is 3.63. The normalized spacial score (nSPS) is 22.4. The quantitative estimate of drug-likeness (QED) is 0.370. The zero-order valence-electron chi connectivity index (χ0n) is 24.5. The molecule has 41 heavy (non-hydrogen) atoms. The van der Waals surface area contributed by atoms with E-state index in [-0.39, 0.29) is 53.9 Å². The van der Waals surface area contributed by atoms with Gasteiger partial charge in [-0.05, 0) is 52.4 Å². The molecule has 12 nitrogen and oxygen atoms in total. The van der Waals surface area contributed by atoms with Gasteiger partial charge in [-0.25, -0.2) is 17.8 Å². The molecule has 2 aliphatic rings. The molecule has 2 aromatic rings. The highest BCUT2D eigenvalue weighted by molar-refractivity contribution is 7.89. The Morgan fingerprint density at radius 1 is 1.20 bits per heavy atom. The Labute approximate surface area is 241 Å². The highest BCUT2D eigenvalue weighted by Gasteiger charge is 2.41. The number of nitrogens with one attached hydrogen (secondary N) is 2. The molecule has 3 atom stereocenters. The standard InChI is InChI=1S/C27H42FN7O5S/c1-6-19-14-21(15-20(7-2)35(19)41(37,38)8-3)34(5)27-29-22(16-40-26(36)18-9-11-39-12-10-18)24(28)25(31-27)30-23-13-17(4)32-33-23/h13,18-21H,6-12,14-16H2,1-5H3,(H2,29,30,31,32,33)/t19-,20+,21-. The van der Waals surface area contributed by atoms with Crippen molar-refractivity contribution in [3.63, 3.8) is 0 Å². The van der Waals surface area contributed by atoms with Crippen molar-refractivity contribution in [2.24, 2.45) is 5.92 Å². The van der Waals surface area contributed by atoms with Crippen LogP contribution in [-0.2, 0) is 30.9 Å². The number of nitrogens with zero attached hydrogens (tertiary/aromatic N) is 5. The molecule has 2 saturated heterocycles. The summed E-state index contributed by atoms with van der Waals surface area (Å²) in [5.74, 6) is -0.825. The minimum Gasteiger partial charge on any atom is -0.459 e. The summed E-state index contributed by atoms with van der Waals surface area (Å²) in [4.78, 5) is 23.5. The second kappa shape index (κ2) is 13.4. The zero-order valence-corrected chi connectivity index (χ0v) is 25.3. The Morgan fingerprint density at radius 2 is 1.85 bits per heavy atom. The largest absolute Gasteiger partial charge is 0.459 e. The number of H-pyrrole nitrogens is 1. The summed E-state index contributed by atoms with van der Waals surface area (Å²) in [6, 6.07) is 1.29. The van der Waals surface area contributed by atoms with Crippen molar-refractivity contribution in [1.29, 1.82) is 0 Å². The Kier molecular flexibility index (Phi) is 10.2. The van der Waals surface area contributed by atoms with Crippen molar-refractivity contribution in [2.45, 2.75) is 91.0 Å². The molecule has 0 unspecified atom stereocenters. The van der Waals surface area contributed by atoms with Crippen LogP contribution in [0.5, 0.6) is 0 Å². The summed E-state index contributed by atoms with van der Waals surface area (Å²) >= 11 is 0. The minimum absolute atomic E-state index is 0.0536. The lowest BCUT2D eigenvalue weighted by atomic mass is 9.90. The maximum absolute atomic E-state index is 15.7. The van der Waals surface area contributed by atoms with Crippen LogP contribution in [0.2, 0.25) is 0 Å². The number of hydrogen-bond donors (Lipinski definition) is 2. The van der Waals surface area contributed by atoms with Gasteiger partial charge in [0, 0.05) is 50.1 Å². The highest BCUT2D eigenvalue weighted by Crippen LogP contribution is 2.34. The lowest BCUT2D eigenvalue weighted by Gasteiger charge is -2.46. The molecule has 4 rings (SSSR count). The molecule has 0 radical (unpaired) electrons. The van der Waals surface area contributed by atoms with Crippen molar-refractivity contribution in [1.82, 2.24) is 24.5 Å². The van der Waals surface area contributed by atoms with E-state index < -0.39 is 21.8 Å². The van der Waals surface area contributed by atoms with Gasteiger partial charge in [-0.2, -0.15) is 14.4 Å². The van der Waals surface area contributed by atoms with Crippen molar-refractivity contribution in [3.8, 4) is 0 Å². The molecule has 4 heterocycles. The number of sulfonamides is 1. The summed E-state index contributed by atoms with van der Waals surface area (Å²) in [5, 5.41) is 9.85. The summed E-state index contributed by atoms with van der Waals surface area (Å²) in [7, 11) is -1.54. The first-order valence-electron chi connectivity index (χ1n) is 14.4. The van der Waals surface area contributed by atoms with Gasteiger partial charge < -0.3 is 19.7 Å². The number of esters is 1. The summed E-state index contributed by atoms with van der Waals surface area (Å²) < 4.78 is 54.1. The van der Waals surface area contributed by atoms with Crippen LogP contribution in [0.1, 0.15) is 70.7 Å². The van der Waals surface area contributed by atoms with Crippen LogP contribution in [0.3, 0.4) is 0 Å². The van der Waals surface area contributed by atoms with E-state index >= 15 is 4.39 Å². The summed E-state index contributed by atoms with van der Waals surface area (Å²) in [6.45, 7) is 8.12. The van der Waals surface area contributed by atoms with E-state index in [0.717, 1.165) is 5.69 Å². The number of aromatic nitrogens is 4. The van der Waals surface area contributed by atoms with Crippen molar-refractivity contribution >= 4 is 33.6 Å². The minimum atomic E-state index is -3.38. The fraction of sp³-hybridized carbons (Fsp3) is 0.704. The van der Waals surface area contributed by atoms with Crippen molar-refractivity contribution in [2.75, 3.05) is 36.2 Å². The monoisotopic (exact) mass is 595 g/mol. The molecular weight excluding hydrogens is 553 g/mol. The van der Waals surface area contributed by atoms with Gasteiger partial charge in [0.1, 0.15) is 12.3 Å². The molecule has 0 bridgehead atoms. The number of carbonyl (C=O) groups excluding carboxylic acids is 1.